The minimum atomic E-state index is -1.13. The number of piperazine rings is 1. The highest BCUT2D eigenvalue weighted by Gasteiger charge is 2.36. The lowest BCUT2D eigenvalue weighted by Crippen LogP contribution is -2.56. The van der Waals surface area contributed by atoms with Gasteiger partial charge in [0.2, 0.25) is 5.95 Å². The second-order valence-electron chi connectivity index (χ2n) is 11.5. The van der Waals surface area contributed by atoms with Crippen LogP contribution in [0.15, 0.2) is 48.8 Å². The molecule has 5 heterocycles. The van der Waals surface area contributed by atoms with Crippen molar-refractivity contribution in [3.63, 3.8) is 0 Å². The second-order valence-corrected chi connectivity index (χ2v) is 11.5. The van der Waals surface area contributed by atoms with Crippen molar-refractivity contribution in [2.45, 2.75) is 30.8 Å². The summed E-state index contributed by atoms with van der Waals surface area (Å²) in [6, 6.07) is 16.5. The standard InChI is InChI=1S/C31H35FN8O3/c32-27-15-40(26-18-42-19-26)8-7-29(27)43-28-6-1-21(13-22(28)14-33)30-34-20-35-31(37-30)36-23-2-4-24(5-3-23)38-9-11-39(12-10-38)25-16-41-17-25/h1-6,13,20,25-27,29H,7-12,15-19H2,(H,34,35,36,37)/t27-,29-/m0/s1. The first-order chi connectivity index (χ1) is 21.1. The number of rotatable bonds is 8. The molecule has 43 heavy (non-hydrogen) atoms. The van der Waals surface area contributed by atoms with Gasteiger partial charge in [0, 0.05) is 56.2 Å². The molecular formula is C31H35FN8O3. The maximum atomic E-state index is 14.9. The number of aromatic nitrogens is 3. The minimum Gasteiger partial charge on any atom is -0.486 e. The zero-order valence-corrected chi connectivity index (χ0v) is 23.9. The molecule has 12 heteroatoms. The molecule has 4 saturated heterocycles. The van der Waals surface area contributed by atoms with Gasteiger partial charge in [0.1, 0.15) is 30.4 Å². The zero-order valence-electron chi connectivity index (χ0n) is 23.9. The van der Waals surface area contributed by atoms with Crippen LogP contribution in [0.25, 0.3) is 11.4 Å². The lowest BCUT2D eigenvalue weighted by molar-refractivity contribution is -0.0928. The van der Waals surface area contributed by atoms with Gasteiger partial charge in [-0.05, 0) is 48.9 Å². The summed E-state index contributed by atoms with van der Waals surface area (Å²) in [5.41, 5.74) is 3.01. The molecule has 1 N–H and O–H groups in total. The predicted octanol–water partition coefficient (Wildman–Crippen LogP) is 2.86. The van der Waals surface area contributed by atoms with Gasteiger partial charge in [-0.15, -0.1) is 0 Å². The highest BCUT2D eigenvalue weighted by molar-refractivity contribution is 5.64. The van der Waals surface area contributed by atoms with Gasteiger partial charge >= 0.3 is 0 Å². The highest BCUT2D eigenvalue weighted by Crippen LogP contribution is 2.30. The Morgan fingerprint density at radius 2 is 1.65 bits per heavy atom. The average molecular weight is 587 g/mol. The second kappa shape index (κ2) is 12.4. The van der Waals surface area contributed by atoms with Crippen LogP contribution in [0.2, 0.25) is 0 Å². The Kier molecular flexibility index (Phi) is 8.04. The van der Waals surface area contributed by atoms with E-state index in [1.165, 1.54) is 12.0 Å². The Bertz CT molecular complexity index is 1450. The van der Waals surface area contributed by atoms with E-state index in [1.807, 2.05) is 12.1 Å². The molecule has 0 bridgehead atoms. The third kappa shape index (κ3) is 6.12. The Morgan fingerprint density at radius 1 is 0.907 bits per heavy atom. The van der Waals surface area contributed by atoms with Crippen molar-refractivity contribution < 1.29 is 18.6 Å². The van der Waals surface area contributed by atoms with E-state index in [9.17, 15) is 9.65 Å². The van der Waals surface area contributed by atoms with Crippen molar-refractivity contribution >= 4 is 17.3 Å². The summed E-state index contributed by atoms with van der Waals surface area (Å²) in [5, 5.41) is 13.1. The number of nitrogens with zero attached hydrogens (tertiary/aromatic N) is 7. The number of anilines is 3. The van der Waals surface area contributed by atoms with Gasteiger partial charge in [0.25, 0.3) is 0 Å². The Hall–Kier alpha value is -3.89. The van der Waals surface area contributed by atoms with Crippen LogP contribution in [-0.2, 0) is 9.47 Å². The molecule has 11 nitrogen and oxygen atoms in total. The lowest BCUT2D eigenvalue weighted by Gasteiger charge is -2.43. The number of ether oxygens (including phenoxy) is 3. The third-order valence-electron chi connectivity index (χ3n) is 8.80. The van der Waals surface area contributed by atoms with Crippen LogP contribution in [0.1, 0.15) is 12.0 Å². The number of hydrogen-bond donors (Lipinski definition) is 1. The SMILES string of the molecule is N#Cc1cc(-c2ncnc(Nc3ccc(N4CCN(C5COC5)CC4)cc3)n2)ccc1O[C@H]1CCN(C2COC2)C[C@@H]1F. The number of hydrogen-bond acceptors (Lipinski definition) is 11. The fourth-order valence-electron chi connectivity index (χ4n) is 5.99. The number of benzene rings is 2. The molecule has 2 atom stereocenters. The van der Waals surface area contributed by atoms with E-state index in [0.717, 1.165) is 51.6 Å². The number of alkyl halides is 1. The van der Waals surface area contributed by atoms with Crippen LogP contribution in [0.4, 0.5) is 21.7 Å². The normalized spacial score (nSPS) is 23.7. The van der Waals surface area contributed by atoms with Crippen LogP contribution < -0.4 is 15.0 Å². The van der Waals surface area contributed by atoms with E-state index in [1.54, 1.807) is 18.2 Å². The summed E-state index contributed by atoms with van der Waals surface area (Å²) in [5.74, 6) is 1.19. The van der Waals surface area contributed by atoms with E-state index in [2.05, 4.69) is 53.2 Å². The van der Waals surface area contributed by atoms with Gasteiger partial charge in [-0.25, -0.2) is 14.4 Å². The van der Waals surface area contributed by atoms with Gasteiger partial charge in [0.15, 0.2) is 5.82 Å². The summed E-state index contributed by atoms with van der Waals surface area (Å²) >= 11 is 0. The fraction of sp³-hybridized carbons (Fsp3) is 0.484. The van der Waals surface area contributed by atoms with Crippen molar-refractivity contribution in [1.82, 2.24) is 24.8 Å². The van der Waals surface area contributed by atoms with Gasteiger partial charge in [-0.3, -0.25) is 9.80 Å². The smallest absolute Gasteiger partial charge is 0.230 e. The van der Waals surface area contributed by atoms with Crippen LogP contribution in [0.5, 0.6) is 5.75 Å². The van der Waals surface area contributed by atoms with Crippen LogP contribution in [0, 0.1) is 11.3 Å². The molecule has 0 radical (unpaired) electrons. The molecular weight excluding hydrogens is 551 g/mol. The molecule has 7 rings (SSSR count). The van der Waals surface area contributed by atoms with E-state index in [0.29, 0.717) is 66.9 Å². The third-order valence-corrected chi connectivity index (χ3v) is 8.80. The van der Waals surface area contributed by atoms with Gasteiger partial charge < -0.3 is 24.4 Å². The fourth-order valence-corrected chi connectivity index (χ4v) is 5.99. The van der Waals surface area contributed by atoms with Gasteiger partial charge in [0.05, 0.1) is 44.1 Å². The summed E-state index contributed by atoms with van der Waals surface area (Å²) < 4.78 is 31.5. The number of halogens is 1. The monoisotopic (exact) mass is 586 g/mol. The maximum absolute atomic E-state index is 14.9. The van der Waals surface area contributed by atoms with Gasteiger partial charge in [-0.2, -0.15) is 10.2 Å². The van der Waals surface area contributed by atoms with Crippen LogP contribution in [0.3, 0.4) is 0 Å². The molecule has 0 spiro atoms. The molecule has 4 fully saturated rings. The first kappa shape index (κ1) is 27.9. The Balaban J connectivity index is 0.974. The number of piperidine rings is 1. The Labute approximate surface area is 250 Å². The quantitative estimate of drug-likeness (QED) is 0.421. The molecule has 1 aromatic heterocycles. The molecule has 0 aliphatic carbocycles. The summed E-state index contributed by atoms with van der Waals surface area (Å²) in [6.45, 7) is 8.19. The molecule has 0 saturated carbocycles. The van der Waals surface area contributed by atoms with Crippen molar-refractivity contribution in [3.05, 3.63) is 54.4 Å². The van der Waals surface area contributed by atoms with E-state index in [4.69, 9.17) is 14.2 Å². The minimum absolute atomic E-state index is 0.298. The predicted molar refractivity (Wildman–Crippen MR) is 158 cm³/mol. The molecule has 224 valence electrons. The van der Waals surface area contributed by atoms with Crippen LogP contribution >= 0.6 is 0 Å². The van der Waals surface area contributed by atoms with Crippen molar-refractivity contribution in [2.75, 3.05) is 75.9 Å². The average Bonchev–Trinajstić information content (AvgIpc) is 2.98. The highest BCUT2D eigenvalue weighted by atomic mass is 19.1. The summed E-state index contributed by atoms with van der Waals surface area (Å²) in [7, 11) is 0. The topological polar surface area (TPSA) is 112 Å². The molecule has 3 aromatic rings. The number of likely N-dealkylation sites (tertiary alicyclic amines) is 1. The van der Waals surface area contributed by atoms with Gasteiger partial charge in [-0.1, -0.05) is 0 Å². The van der Waals surface area contributed by atoms with E-state index < -0.39 is 12.3 Å². The van der Waals surface area contributed by atoms with Crippen molar-refractivity contribution in [2.24, 2.45) is 0 Å². The van der Waals surface area contributed by atoms with Crippen LogP contribution in [-0.4, -0.2) is 115 Å². The first-order valence-corrected chi connectivity index (χ1v) is 14.9. The zero-order chi connectivity index (χ0) is 29.2. The molecule has 0 unspecified atom stereocenters. The van der Waals surface area contributed by atoms with E-state index in [-0.39, 0.29) is 0 Å². The Morgan fingerprint density at radius 3 is 2.33 bits per heavy atom. The molecule has 4 aliphatic rings. The summed E-state index contributed by atoms with van der Waals surface area (Å²) in [4.78, 5) is 20.2. The van der Waals surface area contributed by atoms with Crippen molar-refractivity contribution in [3.8, 4) is 23.2 Å². The molecule has 2 aromatic carbocycles. The number of nitriles is 1. The molecule has 4 aliphatic heterocycles. The van der Waals surface area contributed by atoms with Crippen molar-refractivity contribution in [1.29, 1.82) is 5.26 Å². The molecule has 0 amide bonds. The largest absolute Gasteiger partial charge is 0.486 e. The van der Waals surface area contributed by atoms with E-state index >= 15 is 0 Å². The first-order valence-electron chi connectivity index (χ1n) is 14.9. The maximum Gasteiger partial charge on any atom is 0.230 e. The lowest BCUT2D eigenvalue weighted by atomic mass is 10.0. The number of nitrogens with one attached hydrogen (secondary N) is 1. The summed E-state index contributed by atoms with van der Waals surface area (Å²) in [6.07, 6.45) is 0.267.